The molecule has 1 aliphatic rings. The van der Waals surface area contributed by atoms with Gasteiger partial charge in [0, 0.05) is 11.9 Å². The average molecular weight is 221 g/mol. The predicted molar refractivity (Wildman–Crippen MR) is 59.9 cm³/mol. The van der Waals surface area contributed by atoms with Crippen LogP contribution in [-0.4, -0.2) is 29.1 Å². The molecular formula is C11H15N3O2. The van der Waals surface area contributed by atoms with E-state index < -0.39 is 0 Å². The molecule has 86 valence electrons. The van der Waals surface area contributed by atoms with Crippen molar-refractivity contribution in [2.24, 2.45) is 0 Å². The van der Waals surface area contributed by atoms with Gasteiger partial charge >= 0.3 is 6.09 Å². The molecule has 5 nitrogen and oxygen atoms in total. The Morgan fingerprint density at radius 3 is 2.94 bits per heavy atom. The number of nitrogen functional groups attached to an aromatic ring is 1. The first-order valence-electron chi connectivity index (χ1n) is 5.22. The largest absolute Gasteiger partial charge is 0.448 e. The van der Waals surface area contributed by atoms with Gasteiger partial charge in [-0.2, -0.15) is 0 Å². The van der Waals surface area contributed by atoms with Gasteiger partial charge in [0.2, 0.25) is 0 Å². The van der Waals surface area contributed by atoms with E-state index in [-0.39, 0.29) is 6.09 Å². The van der Waals surface area contributed by atoms with Crippen molar-refractivity contribution >= 4 is 11.8 Å². The van der Waals surface area contributed by atoms with Gasteiger partial charge in [-0.05, 0) is 25.0 Å². The van der Waals surface area contributed by atoms with E-state index in [0.29, 0.717) is 19.7 Å². The minimum Gasteiger partial charge on any atom is -0.448 e. The summed E-state index contributed by atoms with van der Waals surface area (Å²) < 4.78 is 4.86. The van der Waals surface area contributed by atoms with Crippen LogP contribution in [0.15, 0.2) is 6.20 Å². The summed E-state index contributed by atoms with van der Waals surface area (Å²) in [6, 6.07) is 0. The van der Waals surface area contributed by atoms with Gasteiger partial charge in [-0.1, -0.05) is 0 Å². The summed E-state index contributed by atoms with van der Waals surface area (Å²) in [6.07, 6.45) is 1.46. The zero-order chi connectivity index (χ0) is 11.7. The maximum atomic E-state index is 11.3. The molecule has 1 amide bonds. The Morgan fingerprint density at radius 1 is 1.56 bits per heavy atom. The molecule has 1 fully saturated rings. The van der Waals surface area contributed by atoms with Gasteiger partial charge in [0.1, 0.15) is 6.61 Å². The number of hydrogen-bond donors (Lipinski definition) is 1. The molecule has 5 heteroatoms. The molecule has 1 aromatic rings. The normalized spacial score (nSPS) is 15.4. The van der Waals surface area contributed by atoms with Gasteiger partial charge in [-0.15, -0.1) is 0 Å². The number of rotatable bonds is 2. The number of anilines is 1. The lowest BCUT2D eigenvalue weighted by atomic mass is 10.1. The van der Waals surface area contributed by atoms with Crippen molar-refractivity contribution in [2.75, 3.05) is 18.9 Å². The van der Waals surface area contributed by atoms with Crippen LogP contribution in [0.25, 0.3) is 0 Å². The molecule has 0 radical (unpaired) electrons. The first-order valence-corrected chi connectivity index (χ1v) is 5.22. The second-order valence-electron chi connectivity index (χ2n) is 3.96. The van der Waals surface area contributed by atoms with E-state index in [0.717, 1.165) is 22.5 Å². The van der Waals surface area contributed by atoms with E-state index in [1.807, 2.05) is 13.8 Å². The highest BCUT2D eigenvalue weighted by molar-refractivity contribution is 5.69. The van der Waals surface area contributed by atoms with Gasteiger partial charge in [-0.3, -0.25) is 9.88 Å². The molecule has 0 atom stereocenters. The second kappa shape index (κ2) is 4.00. The molecule has 2 rings (SSSR count). The number of cyclic esters (lactones) is 1. The number of aryl methyl sites for hydroxylation is 1. The van der Waals surface area contributed by atoms with Crippen LogP contribution < -0.4 is 5.73 Å². The number of amides is 1. The van der Waals surface area contributed by atoms with E-state index in [4.69, 9.17) is 10.5 Å². The van der Waals surface area contributed by atoms with Crippen molar-refractivity contribution in [3.8, 4) is 0 Å². The molecular weight excluding hydrogens is 206 g/mol. The van der Waals surface area contributed by atoms with Crippen LogP contribution in [0.3, 0.4) is 0 Å². The summed E-state index contributed by atoms with van der Waals surface area (Å²) in [5.41, 5.74) is 9.41. The molecule has 0 unspecified atom stereocenters. The third-order valence-corrected chi connectivity index (χ3v) is 2.86. The zero-order valence-electron chi connectivity index (χ0n) is 9.49. The predicted octanol–water partition coefficient (Wildman–Crippen LogP) is 1.23. The molecule has 2 N–H and O–H groups in total. The van der Waals surface area contributed by atoms with Gasteiger partial charge < -0.3 is 10.5 Å². The first kappa shape index (κ1) is 10.7. The van der Waals surface area contributed by atoms with Gasteiger partial charge in [0.25, 0.3) is 0 Å². The highest BCUT2D eigenvalue weighted by Crippen LogP contribution is 2.20. The van der Waals surface area contributed by atoms with Crippen molar-refractivity contribution < 1.29 is 9.53 Å². The Labute approximate surface area is 94.2 Å². The molecule has 0 saturated carbocycles. The monoisotopic (exact) mass is 221 g/mol. The number of nitrogens with zero attached hydrogens (tertiary/aromatic N) is 2. The number of ether oxygens (including phenoxy) is 1. The lowest BCUT2D eigenvalue weighted by molar-refractivity contribution is 0.157. The third-order valence-electron chi connectivity index (χ3n) is 2.86. The second-order valence-corrected chi connectivity index (χ2v) is 3.96. The smallest absolute Gasteiger partial charge is 0.410 e. The van der Waals surface area contributed by atoms with E-state index in [9.17, 15) is 4.79 Å². The van der Waals surface area contributed by atoms with E-state index in [1.54, 1.807) is 11.1 Å². The molecule has 0 aromatic carbocycles. The number of carbonyl (C=O) groups is 1. The van der Waals surface area contributed by atoms with Crippen molar-refractivity contribution in [1.29, 1.82) is 0 Å². The van der Waals surface area contributed by atoms with Crippen molar-refractivity contribution in [3.05, 3.63) is 23.0 Å². The Morgan fingerprint density at radius 2 is 2.31 bits per heavy atom. The van der Waals surface area contributed by atoms with Crippen molar-refractivity contribution in [3.63, 3.8) is 0 Å². The number of carbonyl (C=O) groups excluding carboxylic acids is 1. The summed E-state index contributed by atoms with van der Waals surface area (Å²) in [5, 5.41) is 0. The number of nitrogens with two attached hydrogens (primary N) is 1. The molecule has 1 saturated heterocycles. The van der Waals surface area contributed by atoms with Crippen LogP contribution >= 0.6 is 0 Å². The maximum Gasteiger partial charge on any atom is 0.410 e. The SMILES string of the molecule is Cc1cnc(CN2CCOC2=O)c(C)c1N. The molecule has 16 heavy (non-hydrogen) atoms. The lowest BCUT2D eigenvalue weighted by Crippen LogP contribution is -2.24. The molecule has 0 aliphatic carbocycles. The minimum absolute atomic E-state index is 0.277. The number of hydrogen-bond acceptors (Lipinski definition) is 4. The Hall–Kier alpha value is -1.78. The molecule has 0 bridgehead atoms. The summed E-state index contributed by atoms with van der Waals surface area (Å²) in [6.45, 7) is 5.39. The van der Waals surface area contributed by atoms with Gasteiger partial charge in [-0.25, -0.2) is 4.79 Å². The summed E-state index contributed by atoms with van der Waals surface area (Å²) in [5.74, 6) is 0. The van der Waals surface area contributed by atoms with Crippen LogP contribution in [0.5, 0.6) is 0 Å². The Balaban J connectivity index is 2.22. The fraction of sp³-hybridized carbons (Fsp3) is 0.455. The Kier molecular flexibility index (Phi) is 2.68. The van der Waals surface area contributed by atoms with Gasteiger partial charge in [0.05, 0.1) is 18.8 Å². The Bertz CT molecular complexity index is 431. The van der Waals surface area contributed by atoms with E-state index >= 15 is 0 Å². The quantitative estimate of drug-likeness (QED) is 0.815. The van der Waals surface area contributed by atoms with Gasteiger partial charge in [0.15, 0.2) is 0 Å². The maximum absolute atomic E-state index is 11.3. The molecule has 0 spiro atoms. The van der Waals surface area contributed by atoms with Crippen molar-refractivity contribution in [2.45, 2.75) is 20.4 Å². The van der Waals surface area contributed by atoms with Crippen LogP contribution in [0.1, 0.15) is 16.8 Å². The lowest BCUT2D eigenvalue weighted by Gasteiger charge is -2.15. The van der Waals surface area contributed by atoms with Crippen LogP contribution in [-0.2, 0) is 11.3 Å². The highest BCUT2D eigenvalue weighted by Gasteiger charge is 2.23. The minimum atomic E-state index is -0.277. The van der Waals surface area contributed by atoms with Crippen LogP contribution in [0, 0.1) is 13.8 Å². The average Bonchev–Trinajstić information content (AvgIpc) is 2.65. The van der Waals surface area contributed by atoms with E-state index in [2.05, 4.69) is 4.98 Å². The fourth-order valence-corrected chi connectivity index (χ4v) is 1.70. The highest BCUT2D eigenvalue weighted by atomic mass is 16.6. The topological polar surface area (TPSA) is 68.5 Å². The fourth-order valence-electron chi connectivity index (χ4n) is 1.70. The van der Waals surface area contributed by atoms with Crippen LogP contribution in [0.4, 0.5) is 10.5 Å². The number of pyridine rings is 1. The summed E-state index contributed by atoms with van der Waals surface area (Å²) >= 11 is 0. The van der Waals surface area contributed by atoms with Crippen LogP contribution in [0.2, 0.25) is 0 Å². The third kappa shape index (κ3) is 1.80. The standard InChI is InChI=1S/C11H15N3O2/c1-7-5-13-9(8(2)10(7)12)6-14-3-4-16-11(14)15/h5H,3-4,6H2,1-2H3,(H2,12,13). The molecule has 2 heterocycles. The molecule has 1 aromatic heterocycles. The first-order chi connectivity index (χ1) is 7.59. The van der Waals surface area contributed by atoms with E-state index in [1.165, 1.54) is 0 Å². The molecule has 1 aliphatic heterocycles. The summed E-state index contributed by atoms with van der Waals surface area (Å²) in [7, 11) is 0. The summed E-state index contributed by atoms with van der Waals surface area (Å²) in [4.78, 5) is 17.2. The van der Waals surface area contributed by atoms with Crippen molar-refractivity contribution in [1.82, 2.24) is 9.88 Å². The zero-order valence-corrected chi connectivity index (χ0v) is 9.49. The number of aromatic nitrogens is 1.